The Bertz CT molecular complexity index is 1500. The molecule has 0 amide bonds. The van der Waals surface area contributed by atoms with E-state index in [1.807, 2.05) is 22.8 Å². The van der Waals surface area contributed by atoms with E-state index in [2.05, 4.69) is 9.88 Å². The van der Waals surface area contributed by atoms with Crippen molar-refractivity contribution in [2.24, 2.45) is 0 Å². The van der Waals surface area contributed by atoms with Crippen LogP contribution >= 0.6 is 11.6 Å². The topological polar surface area (TPSA) is 48.8 Å². The molecule has 6 nitrogen and oxygen atoms in total. The fourth-order valence-electron chi connectivity index (χ4n) is 6.49. The predicted molar refractivity (Wildman–Crippen MR) is 147 cm³/mol. The summed E-state index contributed by atoms with van der Waals surface area (Å²) in [5.41, 5.74) is 0.853. The number of fused-ring (bicyclic) bond motifs is 1. The number of para-hydroxylation sites is 1. The highest BCUT2D eigenvalue weighted by molar-refractivity contribution is 6.30. The number of alkyl halides is 3. The fourth-order valence-corrected chi connectivity index (χ4v) is 6.65. The van der Waals surface area contributed by atoms with Gasteiger partial charge in [-0.1, -0.05) is 23.7 Å². The zero-order valence-corrected chi connectivity index (χ0v) is 24.0. The summed E-state index contributed by atoms with van der Waals surface area (Å²) in [4.78, 5) is 6.38. The third-order valence-electron chi connectivity index (χ3n) is 8.92. The highest BCUT2D eigenvalue weighted by Crippen LogP contribution is 2.50. The van der Waals surface area contributed by atoms with Crippen LogP contribution in [0.5, 0.6) is 11.5 Å². The van der Waals surface area contributed by atoms with Crippen LogP contribution in [0.3, 0.4) is 0 Å². The van der Waals surface area contributed by atoms with Crippen LogP contribution in [-0.4, -0.2) is 40.3 Å². The molecule has 224 valence electrons. The van der Waals surface area contributed by atoms with E-state index in [0.717, 1.165) is 37.7 Å². The SMILES string of the molecule is C[C@]1(c2ccc(Cl)cc2F)Oc2cccc(C3CCN(Cc4nc(C(F)(F)F)c(C5CC5)n4C[C@@H]4CCO4)CC3)c2O1. The zero-order valence-electron chi connectivity index (χ0n) is 23.2. The molecular formula is C31H32ClF4N3O3. The number of imidazole rings is 1. The lowest BCUT2D eigenvalue weighted by molar-refractivity contribution is -0.141. The predicted octanol–water partition coefficient (Wildman–Crippen LogP) is 7.38. The van der Waals surface area contributed by atoms with Gasteiger partial charge in [0.15, 0.2) is 17.2 Å². The Labute approximate surface area is 246 Å². The average Bonchev–Trinajstić information content (AvgIpc) is 3.59. The molecule has 0 unspecified atom stereocenters. The number of piperidine rings is 1. The van der Waals surface area contributed by atoms with E-state index < -0.39 is 23.5 Å². The summed E-state index contributed by atoms with van der Waals surface area (Å²) in [6, 6.07) is 10.1. The van der Waals surface area contributed by atoms with Gasteiger partial charge in [-0.05, 0) is 75.4 Å². The lowest BCUT2D eigenvalue weighted by Crippen LogP contribution is -2.36. The molecule has 1 aliphatic carbocycles. The van der Waals surface area contributed by atoms with Crippen molar-refractivity contribution >= 4 is 11.6 Å². The Kier molecular flexibility index (Phi) is 6.94. The first kappa shape index (κ1) is 28.0. The van der Waals surface area contributed by atoms with Gasteiger partial charge in [0.2, 0.25) is 0 Å². The van der Waals surface area contributed by atoms with Crippen LogP contribution in [0.1, 0.15) is 79.2 Å². The minimum atomic E-state index is -4.48. The molecule has 3 aliphatic heterocycles. The van der Waals surface area contributed by atoms with Crippen molar-refractivity contribution in [3.63, 3.8) is 0 Å². The summed E-state index contributed by atoms with van der Waals surface area (Å²) < 4.78 is 76.7. The fraction of sp³-hybridized carbons (Fsp3) is 0.516. The van der Waals surface area contributed by atoms with Crippen LogP contribution in [0.2, 0.25) is 5.02 Å². The molecule has 1 aromatic heterocycles. The van der Waals surface area contributed by atoms with Gasteiger partial charge in [-0.15, -0.1) is 0 Å². The number of likely N-dealkylation sites (tertiary alicyclic amines) is 1. The van der Waals surface area contributed by atoms with Gasteiger partial charge in [0.25, 0.3) is 5.79 Å². The Balaban J connectivity index is 1.08. The number of benzene rings is 2. The number of aromatic nitrogens is 2. The molecule has 4 aliphatic rings. The quantitative estimate of drug-likeness (QED) is 0.263. The Morgan fingerprint density at radius 2 is 1.79 bits per heavy atom. The van der Waals surface area contributed by atoms with Crippen molar-refractivity contribution in [1.82, 2.24) is 14.5 Å². The minimum absolute atomic E-state index is 0.0586. The zero-order chi connectivity index (χ0) is 29.2. The lowest BCUT2D eigenvalue weighted by atomic mass is 9.88. The molecule has 2 atom stereocenters. The molecular weight excluding hydrogens is 574 g/mol. The minimum Gasteiger partial charge on any atom is -0.444 e. The van der Waals surface area contributed by atoms with Gasteiger partial charge in [0.05, 0.1) is 30.5 Å². The molecule has 0 radical (unpaired) electrons. The van der Waals surface area contributed by atoms with E-state index in [0.29, 0.717) is 60.8 Å². The lowest BCUT2D eigenvalue weighted by Gasteiger charge is -2.33. The summed E-state index contributed by atoms with van der Waals surface area (Å²) in [6.45, 7) is 4.51. The normalized spacial score (nSPS) is 24.7. The van der Waals surface area contributed by atoms with Gasteiger partial charge in [0, 0.05) is 30.0 Å². The van der Waals surface area contributed by atoms with Gasteiger partial charge >= 0.3 is 6.18 Å². The van der Waals surface area contributed by atoms with E-state index in [-0.39, 0.29) is 23.5 Å². The molecule has 2 saturated heterocycles. The Hall–Kier alpha value is -2.82. The Morgan fingerprint density at radius 1 is 1.02 bits per heavy atom. The van der Waals surface area contributed by atoms with E-state index in [1.165, 1.54) is 6.07 Å². The van der Waals surface area contributed by atoms with Crippen LogP contribution < -0.4 is 9.47 Å². The number of halogens is 5. The monoisotopic (exact) mass is 605 g/mol. The molecule has 2 aromatic carbocycles. The molecule has 1 saturated carbocycles. The first-order valence-corrected chi connectivity index (χ1v) is 14.9. The van der Waals surface area contributed by atoms with Crippen LogP contribution in [0.25, 0.3) is 0 Å². The largest absolute Gasteiger partial charge is 0.444 e. The van der Waals surface area contributed by atoms with Gasteiger partial charge < -0.3 is 18.8 Å². The van der Waals surface area contributed by atoms with Crippen molar-refractivity contribution in [1.29, 1.82) is 0 Å². The van der Waals surface area contributed by atoms with E-state index in [1.54, 1.807) is 19.1 Å². The average molecular weight is 606 g/mol. The second-order valence-electron chi connectivity index (χ2n) is 11.9. The van der Waals surface area contributed by atoms with Gasteiger partial charge in [-0.25, -0.2) is 9.37 Å². The van der Waals surface area contributed by atoms with E-state index in [4.69, 9.17) is 25.8 Å². The van der Waals surface area contributed by atoms with Gasteiger partial charge in [-0.3, -0.25) is 4.90 Å². The van der Waals surface area contributed by atoms with E-state index >= 15 is 0 Å². The van der Waals surface area contributed by atoms with Crippen molar-refractivity contribution in [3.05, 3.63) is 75.6 Å². The smallest absolute Gasteiger partial charge is 0.435 e. The highest BCUT2D eigenvalue weighted by Gasteiger charge is 2.45. The molecule has 3 fully saturated rings. The first-order valence-electron chi connectivity index (χ1n) is 14.6. The molecule has 7 rings (SSSR count). The van der Waals surface area contributed by atoms with Crippen molar-refractivity contribution < 1.29 is 31.8 Å². The molecule has 42 heavy (non-hydrogen) atoms. The van der Waals surface area contributed by atoms with Crippen LogP contribution in [-0.2, 0) is 29.8 Å². The van der Waals surface area contributed by atoms with Crippen molar-refractivity contribution in [2.75, 3.05) is 19.7 Å². The van der Waals surface area contributed by atoms with Crippen LogP contribution in [0.4, 0.5) is 17.6 Å². The molecule has 11 heteroatoms. The molecule has 3 aromatic rings. The standard InChI is InChI=1S/C31H32ClF4N3O3/c1-30(23-8-7-20(32)15-24(23)33)41-25-4-2-3-22(28(25)42-30)18-9-12-38(13-10-18)17-26-37-29(31(34,35)36)27(19-5-6-19)39(26)16-21-11-14-40-21/h2-4,7-8,15,18-19,21H,5-6,9-14,16-17H2,1H3/t21-,30-/m0/s1. The summed E-state index contributed by atoms with van der Waals surface area (Å²) in [5, 5.41) is 0.292. The highest BCUT2D eigenvalue weighted by atomic mass is 35.5. The molecule has 0 N–H and O–H groups in total. The third-order valence-corrected chi connectivity index (χ3v) is 9.16. The maximum Gasteiger partial charge on any atom is 0.435 e. The van der Waals surface area contributed by atoms with Gasteiger partial charge in [-0.2, -0.15) is 13.2 Å². The number of rotatable bonds is 7. The second-order valence-corrected chi connectivity index (χ2v) is 12.4. The van der Waals surface area contributed by atoms with Crippen molar-refractivity contribution in [2.45, 2.75) is 82.0 Å². The first-order chi connectivity index (χ1) is 20.1. The maximum absolute atomic E-state index is 14.8. The van der Waals surface area contributed by atoms with E-state index in [9.17, 15) is 17.6 Å². The maximum atomic E-state index is 14.8. The van der Waals surface area contributed by atoms with Crippen LogP contribution in [0, 0.1) is 5.82 Å². The summed E-state index contributed by atoms with van der Waals surface area (Å²) >= 11 is 5.95. The van der Waals surface area contributed by atoms with Gasteiger partial charge in [0.1, 0.15) is 11.6 Å². The molecule has 4 heterocycles. The summed E-state index contributed by atoms with van der Waals surface area (Å²) in [7, 11) is 0. The number of hydrogen-bond donors (Lipinski definition) is 0. The summed E-state index contributed by atoms with van der Waals surface area (Å²) in [5.74, 6) is -0.127. The number of ether oxygens (including phenoxy) is 3. The molecule has 0 spiro atoms. The number of nitrogens with zero attached hydrogens (tertiary/aromatic N) is 3. The summed E-state index contributed by atoms with van der Waals surface area (Å²) in [6.07, 6.45) is -0.573. The van der Waals surface area contributed by atoms with Crippen LogP contribution in [0.15, 0.2) is 36.4 Å². The Morgan fingerprint density at radius 3 is 2.43 bits per heavy atom. The number of hydrogen-bond acceptors (Lipinski definition) is 5. The molecule has 0 bridgehead atoms. The second kappa shape index (κ2) is 10.4. The third kappa shape index (κ3) is 5.15. The van der Waals surface area contributed by atoms with Crippen molar-refractivity contribution in [3.8, 4) is 11.5 Å².